The first-order chi connectivity index (χ1) is 11.1. The SMILES string of the molecule is CC1=CC2C(=C(C)C1=O)CCC1C2CCC2C1CC1CNOC12. The second-order valence-corrected chi connectivity index (χ2v) is 8.55. The molecule has 0 amide bonds. The molecule has 1 heterocycles. The fourth-order valence-corrected chi connectivity index (χ4v) is 6.74. The molecule has 0 spiro atoms. The Labute approximate surface area is 138 Å². The number of rotatable bonds is 0. The number of ketones is 1. The van der Waals surface area contributed by atoms with Crippen molar-refractivity contribution in [2.45, 2.75) is 52.1 Å². The van der Waals surface area contributed by atoms with E-state index < -0.39 is 0 Å². The molecule has 3 heteroatoms. The molecule has 1 N–H and O–H groups in total. The Hall–Kier alpha value is -0.930. The minimum atomic E-state index is 0.290. The summed E-state index contributed by atoms with van der Waals surface area (Å²) in [5.74, 6) is 4.83. The van der Waals surface area contributed by atoms with Gasteiger partial charge in [0.25, 0.3) is 0 Å². The highest BCUT2D eigenvalue weighted by atomic mass is 16.7. The molecule has 0 aromatic heterocycles. The van der Waals surface area contributed by atoms with Crippen molar-refractivity contribution in [2.24, 2.45) is 35.5 Å². The van der Waals surface area contributed by atoms with E-state index in [2.05, 4.69) is 18.5 Å². The third kappa shape index (κ3) is 1.93. The Morgan fingerprint density at radius 3 is 2.78 bits per heavy atom. The van der Waals surface area contributed by atoms with Crippen LogP contribution >= 0.6 is 0 Å². The van der Waals surface area contributed by atoms with Crippen molar-refractivity contribution >= 4 is 5.78 Å². The summed E-state index contributed by atoms with van der Waals surface area (Å²) in [5, 5.41) is 0. The Balaban J connectivity index is 1.46. The number of Topliss-reactive ketones (excluding diaryl/α,β-unsaturated/α-hetero) is 1. The maximum absolute atomic E-state index is 12.3. The lowest BCUT2D eigenvalue weighted by Gasteiger charge is -2.49. The summed E-state index contributed by atoms with van der Waals surface area (Å²) in [4.78, 5) is 18.2. The highest BCUT2D eigenvalue weighted by Gasteiger charge is 2.55. The van der Waals surface area contributed by atoms with Crippen LogP contribution in [0.3, 0.4) is 0 Å². The first-order valence-corrected chi connectivity index (χ1v) is 9.46. The number of hydrogen-bond donors (Lipinski definition) is 1. The second-order valence-electron chi connectivity index (χ2n) is 8.55. The van der Waals surface area contributed by atoms with E-state index in [4.69, 9.17) is 4.84 Å². The molecule has 23 heavy (non-hydrogen) atoms. The van der Waals surface area contributed by atoms with Crippen LogP contribution in [0, 0.1) is 35.5 Å². The van der Waals surface area contributed by atoms with Crippen molar-refractivity contribution in [3.05, 3.63) is 22.8 Å². The van der Waals surface area contributed by atoms with Gasteiger partial charge in [-0.3, -0.25) is 9.63 Å². The van der Waals surface area contributed by atoms with Gasteiger partial charge in [-0.25, -0.2) is 5.48 Å². The Morgan fingerprint density at radius 2 is 1.91 bits per heavy atom. The molecule has 4 fully saturated rings. The lowest BCUT2D eigenvalue weighted by molar-refractivity contribution is -0.112. The number of nitrogens with one attached hydrogen (secondary N) is 1. The largest absolute Gasteiger partial charge is 0.298 e. The zero-order chi connectivity index (χ0) is 15.7. The highest BCUT2D eigenvalue weighted by Crippen LogP contribution is 2.58. The van der Waals surface area contributed by atoms with E-state index in [1.807, 2.05) is 6.92 Å². The van der Waals surface area contributed by atoms with Crippen LogP contribution in [0.5, 0.6) is 0 Å². The zero-order valence-electron chi connectivity index (χ0n) is 14.2. The molecular weight excluding hydrogens is 286 g/mol. The molecule has 0 aromatic rings. The quantitative estimate of drug-likeness (QED) is 0.744. The van der Waals surface area contributed by atoms with E-state index in [1.165, 1.54) is 31.3 Å². The molecule has 0 radical (unpaired) electrons. The van der Waals surface area contributed by atoms with Crippen molar-refractivity contribution in [1.82, 2.24) is 5.48 Å². The van der Waals surface area contributed by atoms with Gasteiger partial charge < -0.3 is 0 Å². The lowest BCUT2D eigenvalue weighted by atomic mass is 9.56. The smallest absolute Gasteiger partial charge is 0.184 e. The van der Waals surface area contributed by atoms with Gasteiger partial charge in [0.05, 0.1) is 6.10 Å². The Kier molecular flexibility index (Phi) is 3.15. The van der Waals surface area contributed by atoms with Crippen LogP contribution in [0.2, 0.25) is 0 Å². The van der Waals surface area contributed by atoms with Crippen molar-refractivity contribution in [3.8, 4) is 0 Å². The summed E-state index contributed by atoms with van der Waals surface area (Å²) >= 11 is 0. The minimum Gasteiger partial charge on any atom is -0.298 e. The zero-order valence-corrected chi connectivity index (χ0v) is 14.2. The van der Waals surface area contributed by atoms with Crippen molar-refractivity contribution < 1.29 is 9.63 Å². The highest BCUT2D eigenvalue weighted by molar-refractivity contribution is 6.09. The molecule has 1 saturated heterocycles. The predicted octanol–water partition coefficient (Wildman–Crippen LogP) is 3.42. The number of carbonyl (C=O) groups is 1. The number of allylic oxidation sites excluding steroid dienone is 4. The van der Waals surface area contributed by atoms with E-state index in [0.717, 1.165) is 53.7 Å². The molecule has 3 nitrogen and oxygen atoms in total. The average molecular weight is 313 g/mol. The Morgan fingerprint density at radius 1 is 1.09 bits per heavy atom. The van der Waals surface area contributed by atoms with E-state index in [9.17, 15) is 4.79 Å². The van der Waals surface area contributed by atoms with Gasteiger partial charge in [-0.15, -0.1) is 0 Å². The maximum atomic E-state index is 12.3. The second kappa shape index (κ2) is 5.03. The number of hydroxylamine groups is 1. The van der Waals surface area contributed by atoms with E-state index in [-0.39, 0.29) is 0 Å². The number of fused-ring (bicyclic) bond motifs is 7. The van der Waals surface area contributed by atoms with Gasteiger partial charge in [0.2, 0.25) is 0 Å². The molecule has 7 atom stereocenters. The van der Waals surface area contributed by atoms with Crippen LogP contribution in [-0.4, -0.2) is 18.4 Å². The topological polar surface area (TPSA) is 38.3 Å². The fourth-order valence-electron chi connectivity index (χ4n) is 6.74. The van der Waals surface area contributed by atoms with E-state index in [0.29, 0.717) is 17.8 Å². The third-order valence-corrected chi connectivity index (χ3v) is 7.73. The summed E-state index contributed by atoms with van der Waals surface area (Å²) in [6.07, 6.45) is 9.22. The third-order valence-electron chi connectivity index (χ3n) is 7.73. The van der Waals surface area contributed by atoms with Crippen LogP contribution in [-0.2, 0) is 9.63 Å². The Bertz CT molecular complexity index is 619. The van der Waals surface area contributed by atoms with Gasteiger partial charge in [0.1, 0.15) is 0 Å². The van der Waals surface area contributed by atoms with Crippen LogP contribution in [0.1, 0.15) is 46.0 Å². The van der Waals surface area contributed by atoms with Gasteiger partial charge in [-0.2, -0.15) is 0 Å². The minimum absolute atomic E-state index is 0.290. The summed E-state index contributed by atoms with van der Waals surface area (Å²) in [6.45, 7) is 5.13. The molecule has 3 saturated carbocycles. The van der Waals surface area contributed by atoms with Crippen LogP contribution in [0.25, 0.3) is 0 Å². The van der Waals surface area contributed by atoms with Gasteiger partial charge in [-0.05, 0) is 80.8 Å². The summed E-state index contributed by atoms with van der Waals surface area (Å²) in [5.41, 5.74) is 6.65. The van der Waals surface area contributed by atoms with Gasteiger partial charge in [-0.1, -0.05) is 11.6 Å². The molecule has 0 aromatic carbocycles. The van der Waals surface area contributed by atoms with Crippen LogP contribution in [0.4, 0.5) is 0 Å². The number of hydrogen-bond acceptors (Lipinski definition) is 3. The monoisotopic (exact) mass is 313 g/mol. The normalized spacial score (nSPS) is 48.5. The fraction of sp³-hybridized carbons (Fsp3) is 0.750. The lowest BCUT2D eigenvalue weighted by Crippen LogP contribution is -2.42. The molecule has 1 aliphatic heterocycles. The molecular formula is C20H27NO2. The standard InChI is InChI=1S/C20H27NO2/c1-10-7-17-13(11(2)19(10)22)3-4-15-14(17)5-6-16-18(15)8-12-9-21-23-20(12)16/h7,12,14-18,20-21H,3-6,8-9H2,1-2H3. The predicted molar refractivity (Wildman–Crippen MR) is 88.4 cm³/mol. The first-order valence-electron chi connectivity index (χ1n) is 9.46. The molecule has 7 unspecified atom stereocenters. The molecule has 124 valence electrons. The van der Waals surface area contributed by atoms with Gasteiger partial charge in [0.15, 0.2) is 5.78 Å². The average Bonchev–Trinajstić information content (AvgIpc) is 3.13. The summed E-state index contributed by atoms with van der Waals surface area (Å²) < 4.78 is 0. The molecule has 4 aliphatic carbocycles. The van der Waals surface area contributed by atoms with Gasteiger partial charge >= 0.3 is 0 Å². The van der Waals surface area contributed by atoms with Crippen LogP contribution in [0.15, 0.2) is 22.8 Å². The van der Waals surface area contributed by atoms with Crippen molar-refractivity contribution in [2.75, 3.05) is 6.54 Å². The number of carbonyl (C=O) groups excluding carboxylic acids is 1. The van der Waals surface area contributed by atoms with Crippen molar-refractivity contribution in [3.63, 3.8) is 0 Å². The molecule has 0 bridgehead atoms. The first kappa shape index (κ1) is 14.4. The maximum Gasteiger partial charge on any atom is 0.184 e. The van der Waals surface area contributed by atoms with Crippen molar-refractivity contribution in [1.29, 1.82) is 0 Å². The van der Waals surface area contributed by atoms with Crippen LogP contribution < -0.4 is 5.48 Å². The van der Waals surface area contributed by atoms with E-state index in [1.54, 1.807) is 0 Å². The summed E-state index contributed by atoms with van der Waals surface area (Å²) in [7, 11) is 0. The molecule has 5 aliphatic rings. The van der Waals surface area contributed by atoms with E-state index >= 15 is 0 Å². The summed E-state index contributed by atoms with van der Waals surface area (Å²) in [6, 6.07) is 0. The molecule has 5 rings (SSSR count). The van der Waals surface area contributed by atoms with Gasteiger partial charge in [0, 0.05) is 18.4 Å².